The first-order chi connectivity index (χ1) is 8.32. The molecule has 1 rings (SSSR count). The van der Waals surface area contributed by atoms with Crippen LogP contribution in [-0.2, 0) is 0 Å². The summed E-state index contributed by atoms with van der Waals surface area (Å²) in [4.78, 5) is 11.6. The average Bonchev–Trinajstić information content (AvgIpc) is 2.30. The molecule has 2 atom stereocenters. The monoisotopic (exact) mass is 258 g/mol. The van der Waals surface area contributed by atoms with Gasteiger partial charge in [-0.25, -0.2) is 8.78 Å². The molecule has 1 amide bonds. The number of hydrogen-bond donors (Lipinski definition) is 3. The van der Waals surface area contributed by atoms with E-state index in [1.165, 1.54) is 13.8 Å². The van der Waals surface area contributed by atoms with Crippen molar-refractivity contribution in [3.05, 3.63) is 34.9 Å². The highest BCUT2D eigenvalue weighted by Crippen LogP contribution is 2.14. The number of hydrogen-bond acceptors (Lipinski definition) is 3. The number of halogens is 2. The molecule has 1 aromatic carbocycles. The Balaban J connectivity index is 2.76. The Hall–Kier alpha value is -1.53. The third-order valence-electron chi connectivity index (χ3n) is 2.61. The van der Waals surface area contributed by atoms with Gasteiger partial charge < -0.3 is 16.2 Å². The van der Waals surface area contributed by atoms with Crippen molar-refractivity contribution in [2.24, 2.45) is 5.73 Å². The number of amides is 1. The SMILES string of the molecule is Cc1cc(C(=O)NCC(N)C(C)O)c(F)cc1F. The quantitative estimate of drug-likeness (QED) is 0.744. The molecule has 0 bridgehead atoms. The van der Waals surface area contributed by atoms with Crippen LogP contribution in [0.5, 0.6) is 0 Å². The Morgan fingerprint density at radius 3 is 2.61 bits per heavy atom. The minimum atomic E-state index is -0.929. The Kier molecular flexibility index (Phi) is 4.75. The second kappa shape index (κ2) is 5.88. The number of benzene rings is 1. The van der Waals surface area contributed by atoms with Gasteiger partial charge >= 0.3 is 0 Å². The molecule has 0 saturated carbocycles. The van der Waals surface area contributed by atoms with Gasteiger partial charge in [0, 0.05) is 18.7 Å². The zero-order valence-electron chi connectivity index (χ0n) is 10.2. The van der Waals surface area contributed by atoms with E-state index in [9.17, 15) is 13.6 Å². The Morgan fingerprint density at radius 1 is 1.44 bits per heavy atom. The first kappa shape index (κ1) is 14.5. The van der Waals surface area contributed by atoms with Crippen molar-refractivity contribution in [1.82, 2.24) is 5.32 Å². The van der Waals surface area contributed by atoms with Crippen LogP contribution < -0.4 is 11.1 Å². The van der Waals surface area contributed by atoms with Crippen molar-refractivity contribution in [2.75, 3.05) is 6.54 Å². The molecule has 0 saturated heterocycles. The summed E-state index contributed by atoms with van der Waals surface area (Å²) < 4.78 is 26.4. The molecule has 6 heteroatoms. The molecule has 0 aliphatic heterocycles. The van der Waals surface area contributed by atoms with Crippen LogP contribution in [0.2, 0.25) is 0 Å². The highest BCUT2D eigenvalue weighted by molar-refractivity contribution is 5.94. The summed E-state index contributed by atoms with van der Waals surface area (Å²) in [6.45, 7) is 2.93. The molecule has 0 radical (unpaired) electrons. The van der Waals surface area contributed by atoms with Gasteiger partial charge in [-0.2, -0.15) is 0 Å². The van der Waals surface area contributed by atoms with Crippen LogP contribution >= 0.6 is 0 Å². The van der Waals surface area contributed by atoms with E-state index in [4.69, 9.17) is 10.8 Å². The second-order valence-electron chi connectivity index (χ2n) is 4.20. The largest absolute Gasteiger partial charge is 0.392 e. The van der Waals surface area contributed by atoms with Gasteiger partial charge in [0.1, 0.15) is 11.6 Å². The Morgan fingerprint density at radius 2 is 2.06 bits per heavy atom. The van der Waals surface area contributed by atoms with Crippen LogP contribution in [0.1, 0.15) is 22.8 Å². The molecule has 2 unspecified atom stereocenters. The molecular weight excluding hydrogens is 242 g/mol. The third-order valence-corrected chi connectivity index (χ3v) is 2.61. The summed E-state index contributed by atoms with van der Waals surface area (Å²) in [5.41, 5.74) is 5.45. The number of aliphatic hydroxyl groups is 1. The van der Waals surface area contributed by atoms with E-state index in [-0.39, 0.29) is 17.7 Å². The number of nitrogens with two attached hydrogens (primary N) is 1. The van der Waals surface area contributed by atoms with Gasteiger partial charge in [0.15, 0.2) is 0 Å². The Labute approximate surface area is 104 Å². The molecule has 0 heterocycles. The summed E-state index contributed by atoms with van der Waals surface area (Å²) >= 11 is 0. The van der Waals surface area contributed by atoms with Crippen LogP contribution in [0, 0.1) is 18.6 Å². The van der Waals surface area contributed by atoms with Gasteiger partial charge in [-0.1, -0.05) is 0 Å². The Bertz CT molecular complexity index is 450. The van der Waals surface area contributed by atoms with Crippen LogP contribution in [0.25, 0.3) is 0 Å². The number of nitrogens with one attached hydrogen (secondary N) is 1. The van der Waals surface area contributed by atoms with Gasteiger partial charge in [0.25, 0.3) is 5.91 Å². The lowest BCUT2D eigenvalue weighted by molar-refractivity contribution is 0.0933. The van der Waals surface area contributed by atoms with Gasteiger partial charge in [0.05, 0.1) is 11.7 Å². The number of rotatable bonds is 4. The maximum absolute atomic E-state index is 13.4. The topological polar surface area (TPSA) is 75.4 Å². The molecule has 18 heavy (non-hydrogen) atoms. The van der Waals surface area contributed by atoms with E-state index in [0.717, 1.165) is 6.07 Å². The van der Waals surface area contributed by atoms with Crippen LogP contribution in [0.4, 0.5) is 8.78 Å². The summed E-state index contributed by atoms with van der Waals surface area (Å²) in [6.07, 6.45) is -0.787. The molecule has 0 fully saturated rings. The van der Waals surface area contributed by atoms with E-state index in [0.29, 0.717) is 6.07 Å². The molecule has 100 valence electrons. The summed E-state index contributed by atoms with van der Waals surface area (Å²) in [6, 6.07) is 1.16. The van der Waals surface area contributed by atoms with E-state index >= 15 is 0 Å². The zero-order valence-corrected chi connectivity index (χ0v) is 10.2. The highest BCUT2D eigenvalue weighted by Gasteiger charge is 2.16. The number of aliphatic hydroxyl groups excluding tert-OH is 1. The summed E-state index contributed by atoms with van der Waals surface area (Å²) in [5.74, 6) is -2.32. The lowest BCUT2D eigenvalue weighted by Crippen LogP contribution is -2.43. The fourth-order valence-corrected chi connectivity index (χ4v) is 1.31. The minimum absolute atomic E-state index is 0.00631. The van der Waals surface area contributed by atoms with Crippen LogP contribution in [0.15, 0.2) is 12.1 Å². The van der Waals surface area contributed by atoms with Crippen molar-refractivity contribution in [3.8, 4) is 0 Å². The molecule has 0 aromatic heterocycles. The predicted molar refractivity (Wildman–Crippen MR) is 63.1 cm³/mol. The number of carbonyl (C=O) groups is 1. The highest BCUT2D eigenvalue weighted by atomic mass is 19.1. The average molecular weight is 258 g/mol. The van der Waals surface area contributed by atoms with Crippen molar-refractivity contribution >= 4 is 5.91 Å². The molecular formula is C12H16F2N2O2. The first-order valence-corrected chi connectivity index (χ1v) is 5.50. The molecule has 0 aliphatic rings. The normalized spacial score (nSPS) is 14.1. The summed E-state index contributed by atoms with van der Waals surface area (Å²) in [5, 5.41) is 11.5. The van der Waals surface area contributed by atoms with Gasteiger partial charge in [-0.05, 0) is 25.5 Å². The van der Waals surface area contributed by atoms with Crippen molar-refractivity contribution < 1.29 is 18.7 Å². The number of aryl methyl sites for hydroxylation is 1. The van der Waals surface area contributed by atoms with E-state index < -0.39 is 29.7 Å². The number of carbonyl (C=O) groups excluding carboxylic acids is 1. The molecule has 4 N–H and O–H groups in total. The second-order valence-corrected chi connectivity index (χ2v) is 4.20. The molecule has 0 spiro atoms. The van der Waals surface area contributed by atoms with E-state index in [1.54, 1.807) is 0 Å². The lowest BCUT2D eigenvalue weighted by atomic mass is 10.1. The predicted octanol–water partition coefficient (Wildman–Crippen LogP) is 0.711. The molecule has 0 aliphatic carbocycles. The van der Waals surface area contributed by atoms with E-state index in [2.05, 4.69) is 5.32 Å². The maximum Gasteiger partial charge on any atom is 0.254 e. The van der Waals surface area contributed by atoms with Gasteiger partial charge in [-0.15, -0.1) is 0 Å². The van der Waals surface area contributed by atoms with Crippen molar-refractivity contribution in [1.29, 1.82) is 0 Å². The van der Waals surface area contributed by atoms with Crippen LogP contribution in [0.3, 0.4) is 0 Å². The fourth-order valence-electron chi connectivity index (χ4n) is 1.31. The van der Waals surface area contributed by atoms with Crippen LogP contribution in [-0.4, -0.2) is 29.7 Å². The van der Waals surface area contributed by atoms with Crippen molar-refractivity contribution in [3.63, 3.8) is 0 Å². The smallest absolute Gasteiger partial charge is 0.254 e. The maximum atomic E-state index is 13.4. The van der Waals surface area contributed by atoms with Gasteiger partial charge in [0.2, 0.25) is 0 Å². The molecule has 1 aromatic rings. The zero-order chi connectivity index (χ0) is 13.9. The van der Waals surface area contributed by atoms with Crippen molar-refractivity contribution in [2.45, 2.75) is 26.0 Å². The standard InChI is InChI=1S/C12H16F2N2O2/c1-6-3-8(10(14)4-9(6)13)12(18)16-5-11(15)7(2)17/h3-4,7,11,17H,5,15H2,1-2H3,(H,16,18). The van der Waals surface area contributed by atoms with E-state index in [1.807, 2.05) is 0 Å². The first-order valence-electron chi connectivity index (χ1n) is 5.50. The molecule has 4 nitrogen and oxygen atoms in total. The third kappa shape index (κ3) is 3.48. The fraction of sp³-hybridized carbons (Fsp3) is 0.417. The summed E-state index contributed by atoms with van der Waals surface area (Å²) in [7, 11) is 0. The minimum Gasteiger partial charge on any atom is -0.392 e. The lowest BCUT2D eigenvalue weighted by Gasteiger charge is -2.15. The van der Waals surface area contributed by atoms with Gasteiger partial charge in [-0.3, -0.25) is 4.79 Å².